The molecule has 2 aliphatic rings. The summed E-state index contributed by atoms with van der Waals surface area (Å²) in [5.41, 5.74) is 1.95. The first-order chi connectivity index (χ1) is 12.4. The van der Waals surface area contributed by atoms with Gasteiger partial charge in [0.05, 0.1) is 11.5 Å². The van der Waals surface area contributed by atoms with Crippen molar-refractivity contribution in [2.75, 3.05) is 23.4 Å². The van der Waals surface area contributed by atoms with Crippen molar-refractivity contribution in [1.29, 1.82) is 0 Å². The minimum atomic E-state index is -3.03. The SMILES string of the molecule is CCCN(C(=O)CCC1Cc2ccccc2NC1=O)C1CCS(=O)(=O)C1. The molecule has 3 rings (SSSR count). The number of rotatable bonds is 6. The van der Waals surface area contributed by atoms with Crippen molar-refractivity contribution < 1.29 is 18.0 Å². The highest BCUT2D eigenvalue weighted by Gasteiger charge is 2.34. The van der Waals surface area contributed by atoms with Crippen molar-refractivity contribution in [2.24, 2.45) is 5.92 Å². The zero-order chi connectivity index (χ0) is 18.7. The molecule has 2 aliphatic heterocycles. The average Bonchev–Trinajstić information content (AvgIpc) is 2.97. The van der Waals surface area contributed by atoms with E-state index in [0.29, 0.717) is 25.8 Å². The molecule has 2 heterocycles. The van der Waals surface area contributed by atoms with Crippen LogP contribution in [-0.2, 0) is 25.8 Å². The van der Waals surface area contributed by atoms with E-state index < -0.39 is 9.84 Å². The summed E-state index contributed by atoms with van der Waals surface area (Å²) in [6.07, 6.45) is 2.71. The molecule has 1 aromatic carbocycles. The smallest absolute Gasteiger partial charge is 0.227 e. The minimum absolute atomic E-state index is 0.0398. The van der Waals surface area contributed by atoms with Crippen LogP contribution in [0.3, 0.4) is 0 Å². The fraction of sp³-hybridized carbons (Fsp3) is 0.579. The molecular weight excluding hydrogens is 352 g/mol. The van der Waals surface area contributed by atoms with Crippen molar-refractivity contribution >= 4 is 27.3 Å². The van der Waals surface area contributed by atoms with Crippen LogP contribution in [0.5, 0.6) is 0 Å². The molecule has 6 nitrogen and oxygen atoms in total. The molecule has 0 aliphatic carbocycles. The quantitative estimate of drug-likeness (QED) is 0.821. The molecule has 0 saturated carbocycles. The van der Waals surface area contributed by atoms with Gasteiger partial charge in [0, 0.05) is 30.6 Å². The van der Waals surface area contributed by atoms with E-state index in [4.69, 9.17) is 0 Å². The predicted molar refractivity (Wildman–Crippen MR) is 101 cm³/mol. The number of para-hydroxylation sites is 1. The fourth-order valence-electron chi connectivity index (χ4n) is 3.86. The summed E-state index contributed by atoms with van der Waals surface area (Å²) in [6, 6.07) is 7.51. The Labute approximate surface area is 154 Å². The maximum Gasteiger partial charge on any atom is 0.227 e. The molecule has 142 valence electrons. The van der Waals surface area contributed by atoms with Crippen molar-refractivity contribution in [3.05, 3.63) is 29.8 Å². The van der Waals surface area contributed by atoms with Gasteiger partial charge in [-0.2, -0.15) is 0 Å². The Balaban J connectivity index is 1.61. The summed E-state index contributed by atoms with van der Waals surface area (Å²) in [5, 5.41) is 2.91. The largest absolute Gasteiger partial charge is 0.339 e. The van der Waals surface area contributed by atoms with Gasteiger partial charge in [-0.3, -0.25) is 9.59 Å². The third-order valence-electron chi connectivity index (χ3n) is 5.25. The maximum absolute atomic E-state index is 12.7. The first-order valence-electron chi connectivity index (χ1n) is 9.28. The number of benzene rings is 1. The second kappa shape index (κ2) is 7.78. The molecule has 1 saturated heterocycles. The summed E-state index contributed by atoms with van der Waals surface area (Å²) in [5.74, 6) is -0.0737. The lowest BCUT2D eigenvalue weighted by Gasteiger charge is -2.29. The number of nitrogens with zero attached hydrogens (tertiary/aromatic N) is 1. The van der Waals surface area contributed by atoms with E-state index in [2.05, 4.69) is 5.32 Å². The standard InChI is InChI=1S/C19H26N2O4S/c1-2-10-21(16-9-11-26(24,25)13-16)18(22)8-7-15-12-14-5-3-4-6-17(14)20-19(15)23/h3-6,15-16H,2,7-13H2,1H3,(H,20,23). The fourth-order valence-corrected chi connectivity index (χ4v) is 5.59. The van der Waals surface area contributed by atoms with Gasteiger partial charge in [-0.25, -0.2) is 8.42 Å². The molecule has 0 spiro atoms. The van der Waals surface area contributed by atoms with Crippen molar-refractivity contribution in [3.8, 4) is 0 Å². The Kier molecular flexibility index (Phi) is 5.65. The Morgan fingerprint density at radius 3 is 2.77 bits per heavy atom. The van der Waals surface area contributed by atoms with Crippen LogP contribution in [0.4, 0.5) is 5.69 Å². The number of anilines is 1. The summed E-state index contributed by atoms with van der Waals surface area (Å²) >= 11 is 0. The number of carbonyl (C=O) groups excluding carboxylic acids is 2. The maximum atomic E-state index is 12.7. The van der Waals surface area contributed by atoms with Crippen LogP contribution in [0.15, 0.2) is 24.3 Å². The van der Waals surface area contributed by atoms with Gasteiger partial charge in [0.1, 0.15) is 0 Å². The topological polar surface area (TPSA) is 83.6 Å². The van der Waals surface area contributed by atoms with E-state index in [9.17, 15) is 18.0 Å². The van der Waals surface area contributed by atoms with Crippen LogP contribution in [0.1, 0.15) is 38.2 Å². The predicted octanol–water partition coefficient (Wildman–Crippen LogP) is 2.00. The summed E-state index contributed by atoms with van der Waals surface area (Å²) in [6.45, 7) is 2.55. The van der Waals surface area contributed by atoms with Crippen molar-refractivity contribution in [1.82, 2.24) is 4.90 Å². The number of hydrogen-bond donors (Lipinski definition) is 1. The van der Waals surface area contributed by atoms with Gasteiger partial charge in [-0.15, -0.1) is 0 Å². The molecular formula is C19H26N2O4S. The Bertz CT molecular complexity index is 790. The van der Waals surface area contributed by atoms with Crippen LogP contribution in [-0.4, -0.2) is 49.2 Å². The van der Waals surface area contributed by atoms with Crippen molar-refractivity contribution in [2.45, 2.75) is 45.1 Å². The molecule has 26 heavy (non-hydrogen) atoms. The van der Waals surface area contributed by atoms with Crippen molar-refractivity contribution in [3.63, 3.8) is 0 Å². The highest BCUT2D eigenvalue weighted by Crippen LogP contribution is 2.28. The van der Waals surface area contributed by atoms with Gasteiger partial charge in [0.2, 0.25) is 11.8 Å². The first-order valence-corrected chi connectivity index (χ1v) is 11.1. The highest BCUT2D eigenvalue weighted by atomic mass is 32.2. The number of carbonyl (C=O) groups is 2. The molecule has 0 aromatic heterocycles. The molecule has 1 fully saturated rings. The number of fused-ring (bicyclic) bond motifs is 1. The first kappa shape index (κ1) is 18.9. The van der Waals surface area contributed by atoms with Gasteiger partial charge >= 0.3 is 0 Å². The van der Waals surface area contributed by atoms with Gasteiger partial charge in [-0.1, -0.05) is 25.1 Å². The normalized spacial score (nSPS) is 24.0. The van der Waals surface area contributed by atoms with Gasteiger partial charge in [0.25, 0.3) is 0 Å². The Morgan fingerprint density at radius 2 is 2.08 bits per heavy atom. The van der Waals surface area contributed by atoms with Crippen LogP contribution in [0, 0.1) is 5.92 Å². The zero-order valence-corrected chi connectivity index (χ0v) is 15.9. The van der Waals surface area contributed by atoms with Crippen LogP contribution >= 0.6 is 0 Å². The van der Waals surface area contributed by atoms with E-state index in [1.807, 2.05) is 31.2 Å². The summed E-state index contributed by atoms with van der Waals surface area (Å²) < 4.78 is 23.5. The van der Waals surface area contributed by atoms with Gasteiger partial charge < -0.3 is 10.2 Å². The van der Waals surface area contributed by atoms with Crippen LogP contribution in [0.2, 0.25) is 0 Å². The lowest BCUT2D eigenvalue weighted by Crippen LogP contribution is -2.42. The molecule has 0 radical (unpaired) electrons. The van der Waals surface area contributed by atoms with Gasteiger partial charge in [-0.05, 0) is 37.3 Å². The molecule has 2 amide bonds. The van der Waals surface area contributed by atoms with Gasteiger partial charge in [0.15, 0.2) is 9.84 Å². The number of hydrogen-bond acceptors (Lipinski definition) is 4. The number of sulfone groups is 1. The molecule has 1 aromatic rings. The molecule has 2 unspecified atom stereocenters. The van der Waals surface area contributed by atoms with E-state index in [1.165, 1.54) is 0 Å². The third-order valence-corrected chi connectivity index (χ3v) is 7.00. The minimum Gasteiger partial charge on any atom is -0.339 e. The van der Waals surface area contributed by atoms with Crippen LogP contribution < -0.4 is 5.32 Å². The lowest BCUT2D eigenvalue weighted by molar-refractivity contribution is -0.133. The third kappa shape index (κ3) is 4.26. The van der Waals surface area contributed by atoms with E-state index >= 15 is 0 Å². The van der Waals surface area contributed by atoms with E-state index in [0.717, 1.165) is 17.7 Å². The number of nitrogens with one attached hydrogen (secondary N) is 1. The zero-order valence-electron chi connectivity index (χ0n) is 15.1. The Hall–Kier alpha value is -1.89. The second-order valence-electron chi connectivity index (χ2n) is 7.23. The lowest BCUT2D eigenvalue weighted by atomic mass is 9.89. The Morgan fingerprint density at radius 1 is 1.31 bits per heavy atom. The average molecular weight is 378 g/mol. The number of amides is 2. The van der Waals surface area contributed by atoms with E-state index in [1.54, 1.807) is 4.90 Å². The summed E-state index contributed by atoms with van der Waals surface area (Å²) in [4.78, 5) is 26.7. The van der Waals surface area contributed by atoms with E-state index in [-0.39, 0.29) is 41.7 Å². The second-order valence-corrected chi connectivity index (χ2v) is 9.46. The highest BCUT2D eigenvalue weighted by molar-refractivity contribution is 7.91. The monoisotopic (exact) mass is 378 g/mol. The summed E-state index contributed by atoms with van der Waals surface area (Å²) in [7, 11) is -3.03. The molecule has 7 heteroatoms. The molecule has 1 N–H and O–H groups in total. The molecule has 2 atom stereocenters. The van der Waals surface area contributed by atoms with Crippen LogP contribution in [0.25, 0.3) is 0 Å². The molecule has 0 bridgehead atoms.